The minimum absolute atomic E-state index is 0.0329. The number of methoxy groups -OCH3 is 1. The van der Waals surface area contributed by atoms with Gasteiger partial charge < -0.3 is 15.4 Å². The van der Waals surface area contributed by atoms with Crippen molar-refractivity contribution in [2.24, 2.45) is 0 Å². The van der Waals surface area contributed by atoms with Gasteiger partial charge in [0.1, 0.15) is 17.0 Å². The van der Waals surface area contributed by atoms with Gasteiger partial charge in [-0.3, -0.25) is 23.5 Å². The molecule has 0 aliphatic heterocycles. The predicted molar refractivity (Wildman–Crippen MR) is 149 cm³/mol. The van der Waals surface area contributed by atoms with E-state index in [1.54, 1.807) is 35.7 Å². The number of ether oxygens (including phenoxy) is 1. The molecule has 2 aromatic heterocycles. The van der Waals surface area contributed by atoms with Crippen LogP contribution in [0, 0.1) is 0 Å². The van der Waals surface area contributed by atoms with E-state index in [4.69, 9.17) is 4.74 Å². The van der Waals surface area contributed by atoms with Crippen LogP contribution in [0.4, 0.5) is 5.69 Å². The fourth-order valence-corrected chi connectivity index (χ4v) is 5.02. The van der Waals surface area contributed by atoms with Crippen LogP contribution in [0.1, 0.15) is 31.2 Å². The summed E-state index contributed by atoms with van der Waals surface area (Å²) in [5.74, 6) is 0.0675. The monoisotopic (exact) mass is 534 g/mol. The van der Waals surface area contributed by atoms with Crippen LogP contribution in [0.3, 0.4) is 0 Å². The number of hydrogen-bond acceptors (Lipinski definition) is 6. The van der Waals surface area contributed by atoms with Crippen molar-refractivity contribution in [2.45, 2.75) is 45.3 Å². The lowest BCUT2D eigenvalue weighted by Crippen LogP contribution is -2.41. The third-order valence-electron chi connectivity index (χ3n) is 6.14. The van der Waals surface area contributed by atoms with Gasteiger partial charge in [0.2, 0.25) is 11.8 Å². The van der Waals surface area contributed by atoms with E-state index in [1.165, 1.54) is 27.6 Å². The standard InChI is InChI=1S/C28H30N4O5S/c1-37-23-13-8-7-12-21(23)30-25(34)19-32-22-15-17-38-26(22)27(35)31(28(32)36)16-9-3-6-14-24(33)29-18-20-10-4-2-5-11-20/h2,4-5,7-8,10-13,15,17H,3,6,9,14,16,18-19H2,1H3,(H,29,33)(H,30,34). The number of anilines is 1. The summed E-state index contributed by atoms with van der Waals surface area (Å²) >= 11 is 1.24. The van der Waals surface area contributed by atoms with Crippen molar-refractivity contribution in [3.05, 3.63) is 92.4 Å². The molecule has 38 heavy (non-hydrogen) atoms. The Kier molecular flexibility index (Phi) is 9.10. The van der Waals surface area contributed by atoms with Crippen molar-refractivity contribution in [1.82, 2.24) is 14.5 Å². The van der Waals surface area contributed by atoms with E-state index >= 15 is 0 Å². The molecule has 2 heterocycles. The van der Waals surface area contributed by atoms with Gasteiger partial charge in [-0.25, -0.2) is 4.79 Å². The Morgan fingerprint density at radius 2 is 1.66 bits per heavy atom. The third kappa shape index (κ3) is 6.57. The van der Waals surface area contributed by atoms with Crippen molar-refractivity contribution in [2.75, 3.05) is 12.4 Å². The number of nitrogens with zero attached hydrogens (tertiary/aromatic N) is 2. The fourth-order valence-electron chi connectivity index (χ4n) is 4.18. The molecule has 2 N–H and O–H groups in total. The Bertz CT molecular complexity index is 1520. The number of benzene rings is 2. The first kappa shape index (κ1) is 26.9. The summed E-state index contributed by atoms with van der Waals surface area (Å²) in [6.45, 7) is 0.456. The summed E-state index contributed by atoms with van der Waals surface area (Å²) < 4.78 is 8.21. The maximum absolute atomic E-state index is 13.3. The molecular formula is C28H30N4O5S. The lowest BCUT2D eigenvalue weighted by molar-refractivity contribution is -0.121. The van der Waals surface area contributed by atoms with Gasteiger partial charge in [0.15, 0.2) is 0 Å². The van der Waals surface area contributed by atoms with E-state index in [9.17, 15) is 19.2 Å². The average Bonchev–Trinajstić information content (AvgIpc) is 3.42. The fraction of sp³-hybridized carbons (Fsp3) is 0.286. The van der Waals surface area contributed by atoms with E-state index in [0.717, 1.165) is 5.56 Å². The number of rotatable bonds is 12. The first-order valence-corrected chi connectivity index (χ1v) is 13.3. The van der Waals surface area contributed by atoms with Crippen molar-refractivity contribution in [3.63, 3.8) is 0 Å². The van der Waals surface area contributed by atoms with Crippen LogP contribution in [0.15, 0.2) is 75.6 Å². The number of para-hydroxylation sites is 2. The van der Waals surface area contributed by atoms with Gasteiger partial charge in [0, 0.05) is 19.5 Å². The highest BCUT2D eigenvalue weighted by Gasteiger charge is 2.17. The van der Waals surface area contributed by atoms with E-state index in [2.05, 4.69) is 10.6 Å². The van der Waals surface area contributed by atoms with Crippen molar-refractivity contribution in [3.8, 4) is 5.75 Å². The number of carbonyl (C=O) groups excluding carboxylic acids is 2. The molecule has 0 spiro atoms. The minimum Gasteiger partial charge on any atom is -0.495 e. The van der Waals surface area contributed by atoms with Crippen molar-refractivity contribution >= 4 is 39.1 Å². The van der Waals surface area contributed by atoms with Gasteiger partial charge in [-0.2, -0.15) is 0 Å². The van der Waals surface area contributed by atoms with E-state index in [1.807, 2.05) is 30.3 Å². The molecule has 0 aliphatic rings. The lowest BCUT2D eigenvalue weighted by atomic mass is 10.1. The Labute approximate surface area is 223 Å². The first-order valence-electron chi connectivity index (χ1n) is 12.4. The molecule has 0 saturated heterocycles. The number of hydrogen-bond donors (Lipinski definition) is 2. The molecule has 0 bridgehead atoms. The smallest absolute Gasteiger partial charge is 0.332 e. The minimum atomic E-state index is -0.531. The zero-order chi connectivity index (χ0) is 26.9. The summed E-state index contributed by atoms with van der Waals surface area (Å²) in [5, 5.41) is 7.41. The number of aromatic nitrogens is 2. The van der Waals surface area contributed by atoms with Gasteiger partial charge in [-0.15, -0.1) is 11.3 Å². The normalized spacial score (nSPS) is 10.9. The van der Waals surface area contributed by atoms with Gasteiger partial charge in [-0.05, 0) is 42.0 Å². The number of unbranched alkanes of at least 4 members (excludes halogenated alkanes) is 2. The first-order chi connectivity index (χ1) is 18.5. The molecule has 0 atom stereocenters. The molecule has 0 saturated carbocycles. The summed E-state index contributed by atoms with van der Waals surface area (Å²) in [4.78, 5) is 51.2. The highest BCUT2D eigenvalue weighted by atomic mass is 32.1. The second-order valence-corrected chi connectivity index (χ2v) is 9.70. The highest BCUT2D eigenvalue weighted by molar-refractivity contribution is 7.17. The number of nitrogens with one attached hydrogen (secondary N) is 2. The Balaban J connectivity index is 1.37. The second-order valence-electron chi connectivity index (χ2n) is 8.78. The van der Waals surface area contributed by atoms with Gasteiger partial charge >= 0.3 is 5.69 Å². The summed E-state index contributed by atoms with van der Waals surface area (Å²) in [5.41, 5.74) is 1.08. The summed E-state index contributed by atoms with van der Waals surface area (Å²) in [6, 6.07) is 18.4. The topological polar surface area (TPSA) is 111 Å². The molecule has 0 radical (unpaired) electrons. The molecule has 10 heteroatoms. The largest absolute Gasteiger partial charge is 0.495 e. The number of thiophene rings is 1. The zero-order valence-electron chi connectivity index (χ0n) is 21.1. The van der Waals surface area contributed by atoms with Crippen molar-refractivity contribution < 1.29 is 14.3 Å². The zero-order valence-corrected chi connectivity index (χ0v) is 22.0. The Hall–Kier alpha value is -4.18. The Morgan fingerprint density at radius 1 is 0.895 bits per heavy atom. The molecule has 9 nitrogen and oxygen atoms in total. The molecule has 0 aliphatic carbocycles. The van der Waals surface area contributed by atoms with E-state index in [-0.39, 0.29) is 24.6 Å². The third-order valence-corrected chi connectivity index (χ3v) is 7.03. The average molecular weight is 535 g/mol. The predicted octanol–water partition coefficient (Wildman–Crippen LogP) is 3.75. The molecule has 2 amide bonds. The molecule has 4 aromatic rings. The summed E-state index contributed by atoms with van der Waals surface area (Å²) in [6.07, 6.45) is 2.26. The van der Waals surface area contributed by atoms with Gasteiger partial charge in [0.25, 0.3) is 5.56 Å². The maximum atomic E-state index is 13.3. The molecular weight excluding hydrogens is 504 g/mol. The van der Waals surface area contributed by atoms with E-state index in [0.29, 0.717) is 53.9 Å². The van der Waals surface area contributed by atoms with Crippen molar-refractivity contribution in [1.29, 1.82) is 0 Å². The molecule has 0 unspecified atom stereocenters. The summed E-state index contributed by atoms with van der Waals surface area (Å²) in [7, 11) is 1.51. The van der Waals surface area contributed by atoms with Crippen LogP contribution >= 0.6 is 11.3 Å². The number of amides is 2. The van der Waals surface area contributed by atoms with Crippen LogP contribution < -0.4 is 26.6 Å². The maximum Gasteiger partial charge on any atom is 0.332 e. The van der Waals surface area contributed by atoms with Crippen LogP contribution in [-0.2, 0) is 29.2 Å². The highest BCUT2D eigenvalue weighted by Crippen LogP contribution is 2.23. The molecule has 2 aromatic carbocycles. The van der Waals surface area contributed by atoms with Crippen LogP contribution in [-0.4, -0.2) is 28.1 Å². The molecule has 198 valence electrons. The Morgan fingerprint density at radius 3 is 2.45 bits per heavy atom. The van der Waals surface area contributed by atoms with Gasteiger partial charge in [0.05, 0.1) is 18.3 Å². The second kappa shape index (κ2) is 12.9. The van der Waals surface area contributed by atoms with Crippen LogP contribution in [0.5, 0.6) is 5.75 Å². The van der Waals surface area contributed by atoms with Gasteiger partial charge in [-0.1, -0.05) is 48.9 Å². The SMILES string of the molecule is COc1ccccc1NC(=O)Cn1c(=O)n(CCCCCC(=O)NCc2ccccc2)c(=O)c2sccc21. The van der Waals surface area contributed by atoms with E-state index < -0.39 is 11.6 Å². The number of fused-ring (bicyclic) bond motifs is 1. The van der Waals surface area contributed by atoms with Crippen LogP contribution in [0.2, 0.25) is 0 Å². The van der Waals surface area contributed by atoms with Crippen LogP contribution in [0.25, 0.3) is 10.2 Å². The molecule has 4 rings (SSSR count). The lowest BCUT2D eigenvalue weighted by Gasteiger charge is -2.13. The quantitative estimate of drug-likeness (QED) is 0.269. The molecule has 0 fully saturated rings. The number of carbonyl (C=O) groups is 2.